The molecule has 2 atom stereocenters. The standard InChI is InChI=1S/C30H40F2O2/c31-23-15-17-25(27(19-23)21-11-7-3-1-4-8-12-21)29(33)30(34)26-18-16-24(32)20-28(26)22-13-9-5-2-6-10-14-22/h15-22,29-30,33-34H,1-14H2/t29-,30-/m1/s1. The van der Waals surface area contributed by atoms with Crippen molar-refractivity contribution in [3.8, 4) is 0 Å². The van der Waals surface area contributed by atoms with E-state index >= 15 is 0 Å². The molecule has 2 aromatic carbocycles. The van der Waals surface area contributed by atoms with Crippen molar-refractivity contribution >= 4 is 0 Å². The lowest BCUT2D eigenvalue weighted by Crippen LogP contribution is -2.17. The van der Waals surface area contributed by atoms with Gasteiger partial charge < -0.3 is 10.2 Å². The quantitative estimate of drug-likeness (QED) is 0.461. The molecule has 2 N–H and O–H groups in total. The molecule has 0 spiro atoms. The van der Waals surface area contributed by atoms with Crippen LogP contribution in [-0.4, -0.2) is 10.2 Å². The molecule has 34 heavy (non-hydrogen) atoms. The Hall–Kier alpha value is -1.78. The van der Waals surface area contributed by atoms with E-state index in [9.17, 15) is 19.0 Å². The summed E-state index contributed by atoms with van der Waals surface area (Å²) in [5.74, 6) is -0.240. The normalized spacial score (nSPS) is 21.2. The van der Waals surface area contributed by atoms with Gasteiger partial charge in [-0.1, -0.05) is 76.3 Å². The fraction of sp³-hybridized carbons (Fsp3) is 0.600. The van der Waals surface area contributed by atoms with Gasteiger partial charge in [-0.2, -0.15) is 0 Å². The third-order valence-electron chi connectivity index (χ3n) is 8.12. The summed E-state index contributed by atoms with van der Waals surface area (Å²) in [7, 11) is 0. The third kappa shape index (κ3) is 6.26. The molecular formula is C30H40F2O2. The van der Waals surface area contributed by atoms with Crippen molar-refractivity contribution in [3.05, 3.63) is 70.3 Å². The molecule has 186 valence electrons. The van der Waals surface area contributed by atoms with Crippen LogP contribution in [0.25, 0.3) is 0 Å². The fourth-order valence-electron chi connectivity index (χ4n) is 6.21. The SMILES string of the molecule is O[C@H](c1ccc(F)cc1C1CCCCCCC1)[C@H](O)c1ccc(F)cc1C1CCCCCCC1. The maximum atomic E-state index is 14.3. The molecule has 0 radical (unpaired) electrons. The smallest absolute Gasteiger partial charge is 0.123 e. The van der Waals surface area contributed by atoms with Gasteiger partial charge in [0, 0.05) is 0 Å². The summed E-state index contributed by atoms with van der Waals surface area (Å²) in [6.07, 6.45) is 13.2. The molecule has 0 aliphatic heterocycles. The number of aliphatic hydroxyl groups excluding tert-OH is 2. The average Bonchev–Trinajstić information content (AvgIpc) is 2.78. The van der Waals surface area contributed by atoms with Crippen LogP contribution in [0.4, 0.5) is 8.78 Å². The van der Waals surface area contributed by atoms with Gasteiger partial charge in [-0.05, 0) is 84.0 Å². The first-order valence-electron chi connectivity index (χ1n) is 13.5. The maximum absolute atomic E-state index is 14.3. The van der Waals surface area contributed by atoms with Crippen LogP contribution >= 0.6 is 0 Å². The van der Waals surface area contributed by atoms with Gasteiger partial charge in [0.05, 0.1) is 0 Å². The summed E-state index contributed by atoms with van der Waals surface area (Å²) in [4.78, 5) is 0. The minimum atomic E-state index is -1.18. The highest BCUT2D eigenvalue weighted by molar-refractivity contribution is 5.38. The van der Waals surface area contributed by atoms with Crippen LogP contribution in [0.15, 0.2) is 36.4 Å². The molecule has 2 aromatic rings. The van der Waals surface area contributed by atoms with Gasteiger partial charge in [-0.25, -0.2) is 8.78 Å². The van der Waals surface area contributed by atoms with Crippen molar-refractivity contribution in [2.75, 3.05) is 0 Å². The number of hydrogen-bond donors (Lipinski definition) is 2. The van der Waals surface area contributed by atoms with E-state index in [2.05, 4.69) is 0 Å². The van der Waals surface area contributed by atoms with E-state index in [-0.39, 0.29) is 23.5 Å². The van der Waals surface area contributed by atoms with Crippen molar-refractivity contribution in [1.29, 1.82) is 0 Å². The molecule has 2 aliphatic rings. The van der Waals surface area contributed by atoms with Crippen LogP contribution in [0.1, 0.15) is 136 Å². The fourth-order valence-corrected chi connectivity index (χ4v) is 6.21. The van der Waals surface area contributed by atoms with Crippen molar-refractivity contribution in [1.82, 2.24) is 0 Å². The van der Waals surface area contributed by atoms with E-state index in [1.807, 2.05) is 0 Å². The monoisotopic (exact) mass is 470 g/mol. The van der Waals surface area contributed by atoms with Crippen molar-refractivity contribution in [3.63, 3.8) is 0 Å². The van der Waals surface area contributed by atoms with Gasteiger partial charge in [0.1, 0.15) is 23.8 Å². The van der Waals surface area contributed by atoms with Gasteiger partial charge in [-0.15, -0.1) is 0 Å². The second-order valence-electron chi connectivity index (χ2n) is 10.5. The predicted molar refractivity (Wildman–Crippen MR) is 133 cm³/mol. The molecule has 2 fully saturated rings. The Morgan fingerprint density at radius 2 is 0.853 bits per heavy atom. The summed E-state index contributed by atoms with van der Waals surface area (Å²) < 4.78 is 28.6. The minimum absolute atomic E-state index is 0.186. The van der Waals surface area contributed by atoms with Gasteiger partial charge in [0.25, 0.3) is 0 Å². The largest absolute Gasteiger partial charge is 0.385 e. The molecule has 0 bridgehead atoms. The lowest BCUT2D eigenvalue weighted by Gasteiger charge is -2.29. The Bertz CT molecular complexity index is 837. The maximum Gasteiger partial charge on any atom is 0.123 e. The van der Waals surface area contributed by atoms with Gasteiger partial charge >= 0.3 is 0 Å². The molecule has 4 heteroatoms. The van der Waals surface area contributed by atoms with Crippen LogP contribution in [0.2, 0.25) is 0 Å². The number of rotatable bonds is 5. The number of benzene rings is 2. The van der Waals surface area contributed by atoms with E-state index in [4.69, 9.17) is 0 Å². The van der Waals surface area contributed by atoms with Crippen LogP contribution in [-0.2, 0) is 0 Å². The van der Waals surface area contributed by atoms with Crippen LogP contribution in [0.3, 0.4) is 0 Å². The molecule has 0 aromatic heterocycles. The summed E-state index contributed by atoms with van der Waals surface area (Å²) in [5, 5.41) is 22.8. The summed E-state index contributed by atoms with van der Waals surface area (Å²) >= 11 is 0. The molecule has 0 unspecified atom stereocenters. The molecule has 2 aliphatic carbocycles. The van der Waals surface area contributed by atoms with Crippen LogP contribution in [0.5, 0.6) is 0 Å². The first-order chi connectivity index (χ1) is 16.5. The molecule has 0 heterocycles. The van der Waals surface area contributed by atoms with Gasteiger partial charge in [-0.3, -0.25) is 0 Å². The predicted octanol–water partition coefficient (Wildman–Crippen LogP) is 8.39. The number of aliphatic hydroxyl groups is 2. The van der Waals surface area contributed by atoms with Crippen molar-refractivity contribution < 1.29 is 19.0 Å². The lowest BCUT2D eigenvalue weighted by molar-refractivity contribution is 0.0155. The highest BCUT2D eigenvalue weighted by Crippen LogP contribution is 2.42. The third-order valence-corrected chi connectivity index (χ3v) is 8.12. The van der Waals surface area contributed by atoms with E-state index in [1.54, 1.807) is 24.3 Å². The molecule has 0 amide bonds. The zero-order valence-electron chi connectivity index (χ0n) is 20.3. The second kappa shape index (κ2) is 12.3. The number of hydrogen-bond acceptors (Lipinski definition) is 2. The Morgan fingerprint density at radius 3 is 1.21 bits per heavy atom. The lowest BCUT2D eigenvalue weighted by atomic mass is 9.79. The van der Waals surface area contributed by atoms with Crippen LogP contribution in [0, 0.1) is 11.6 Å². The minimum Gasteiger partial charge on any atom is -0.385 e. The number of halogens is 2. The summed E-state index contributed by atoms with van der Waals surface area (Å²) in [6, 6.07) is 9.12. The highest BCUT2D eigenvalue weighted by atomic mass is 19.1. The first kappa shape index (κ1) is 25.3. The first-order valence-corrected chi connectivity index (χ1v) is 13.5. The van der Waals surface area contributed by atoms with Crippen molar-refractivity contribution in [2.24, 2.45) is 0 Å². The zero-order valence-corrected chi connectivity index (χ0v) is 20.3. The molecule has 0 saturated heterocycles. The summed E-state index contributed by atoms with van der Waals surface area (Å²) in [5.41, 5.74) is 2.85. The van der Waals surface area contributed by atoms with Gasteiger partial charge in [0.15, 0.2) is 0 Å². The summed E-state index contributed by atoms with van der Waals surface area (Å²) in [6.45, 7) is 0. The van der Waals surface area contributed by atoms with E-state index in [1.165, 1.54) is 50.7 Å². The van der Waals surface area contributed by atoms with E-state index in [0.717, 1.165) is 62.5 Å². The zero-order chi connectivity index (χ0) is 23.9. The Balaban J connectivity index is 1.64. The Kier molecular flexibility index (Phi) is 9.13. The second-order valence-corrected chi connectivity index (χ2v) is 10.5. The molecule has 2 saturated carbocycles. The Morgan fingerprint density at radius 1 is 0.529 bits per heavy atom. The molecule has 4 rings (SSSR count). The Labute approximate surface area is 203 Å². The van der Waals surface area contributed by atoms with Gasteiger partial charge in [0.2, 0.25) is 0 Å². The van der Waals surface area contributed by atoms with Crippen LogP contribution < -0.4 is 0 Å². The van der Waals surface area contributed by atoms with E-state index < -0.39 is 12.2 Å². The van der Waals surface area contributed by atoms with Crippen molar-refractivity contribution in [2.45, 2.75) is 114 Å². The van der Waals surface area contributed by atoms with E-state index in [0.29, 0.717) is 11.1 Å². The molecule has 2 nitrogen and oxygen atoms in total. The average molecular weight is 471 g/mol. The molecular weight excluding hydrogens is 430 g/mol. The highest BCUT2D eigenvalue weighted by Gasteiger charge is 2.29. The topological polar surface area (TPSA) is 40.5 Å².